The second-order valence-electron chi connectivity index (χ2n) is 6.48. The molecule has 1 aliphatic carbocycles. The summed E-state index contributed by atoms with van der Waals surface area (Å²) in [6.07, 6.45) is 7.62. The fourth-order valence-electron chi connectivity index (χ4n) is 3.23. The molecule has 0 unspecified atom stereocenters. The molecule has 3 heteroatoms. The van der Waals surface area contributed by atoms with Gasteiger partial charge in [0.15, 0.2) is 0 Å². The van der Waals surface area contributed by atoms with Crippen LogP contribution < -0.4 is 5.32 Å². The van der Waals surface area contributed by atoms with Gasteiger partial charge in [0.2, 0.25) is 5.95 Å². The molecular formula is C18H25N3. The average Bonchev–Trinajstić information content (AvgIpc) is 2.82. The van der Waals surface area contributed by atoms with E-state index in [4.69, 9.17) is 0 Å². The van der Waals surface area contributed by atoms with E-state index in [9.17, 15) is 0 Å². The number of rotatable bonds is 4. The number of nitrogens with zero attached hydrogens (tertiary/aromatic N) is 2. The minimum absolute atomic E-state index is 0.797. The number of para-hydroxylation sites is 1. The average molecular weight is 283 g/mol. The number of hydrogen-bond acceptors (Lipinski definition) is 2. The van der Waals surface area contributed by atoms with Crippen molar-refractivity contribution in [2.24, 2.45) is 11.8 Å². The fraction of sp³-hybridized carbons (Fsp3) is 0.500. The van der Waals surface area contributed by atoms with Crippen LogP contribution in [0, 0.1) is 18.8 Å². The molecule has 0 atom stereocenters. The Bertz CT molecular complexity index is 565. The number of aromatic nitrogens is 2. The summed E-state index contributed by atoms with van der Waals surface area (Å²) >= 11 is 0. The summed E-state index contributed by atoms with van der Waals surface area (Å²) in [5.41, 5.74) is 2.18. The van der Waals surface area contributed by atoms with Crippen molar-refractivity contribution in [1.29, 1.82) is 0 Å². The Kier molecular flexibility index (Phi) is 4.28. The molecule has 1 aliphatic rings. The van der Waals surface area contributed by atoms with Crippen LogP contribution in [0.4, 0.5) is 11.6 Å². The van der Waals surface area contributed by atoms with E-state index in [0.717, 1.165) is 35.7 Å². The molecule has 1 N–H and O–H groups in total. The molecule has 21 heavy (non-hydrogen) atoms. The van der Waals surface area contributed by atoms with Crippen LogP contribution in [0.3, 0.4) is 0 Å². The van der Waals surface area contributed by atoms with Gasteiger partial charge in [0.05, 0.1) is 5.69 Å². The molecule has 0 bridgehead atoms. The molecule has 1 saturated carbocycles. The summed E-state index contributed by atoms with van der Waals surface area (Å²) in [4.78, 5) is 4.64. The van der Waals surface area contributed by atoms with Crippen LogP contribution in [0.25, 0.3) is 0 Å². The maximum Gasteiger partial charge on any atom is 0.207 e. The van der Waals surface area contributed by atoms with E-state index in [-0.39, 0.29) is 0 Å². The topological polar surface area (TPSA) is 29.9 Å². The SMILES string of the molecule is Cc1cn(CC2CCC(C)CC2)c(Nc2ccccc2)n1. The zero-order valence-electron chi connectivity index (χ0n) is 13.0. The molecule has 1 aromatic heterocycles. The second kappa shape index (κ2) is 6.33. The number of benzene rings is 1. The molecule has 1 fully saturated rings. The summed E-state index contributed by atoms with van der Waals surface area (Å²) < 4.78 is 2.29. The fourth-order valence-corrected chi connectivity index (χ4v) is 3.23. The van der Waals surface area contributed by atoms with Gasteiger partial charge in [0, 0.05) is 18.4 Å². The van der Waals surface area contributed by atoms with E-state index in [1.807, 2.05) is 18.2 Å². The summed E-state index contributed by atoms with van der Waals surface area (Å²) in [6.45, 7) is 5.53. The van der Waals surface area contributed by atoms with E-state index < -0.39 is 0 Å². The van der Waals surface area contributed by atoms with Gasteiger partial charge in [-0.1, -0.05) is 38.0 Å². The smallest absolute Gasteiger partial charge is 0.207 e. The third-order valence-electron chi connectivity index (χ3n) is 4.52. The van der Waals surface area contributed by atoms with Gasteiger partial charge >= 0.3 is 0 Å². The van der Waals surface area contributed by atoms with E-state index in [1.165, 1.54) is 25.7 Å². The van der Waals surface area contributed by atoms with Crippen molar-refractivity contribution >= 4 is 11.6 Å². The highest BCUT2D eigenvalue weighted by Gasteiger charge is 2.19. The van der Waals surface area contributed by atoms with Crippen LogP contribution in [0.1, 0.15) is 38.3 Å². The molecule has 0 aliphatic heterocycles. The first kappa shape index (κ1) is 14.2. The van der Waals surface area contributed by atoms with E-state index in [2.05, 4.69) is 47.0 Å². The van der Waals surface area contributed by atoms with Gasteiger partial charge in [-0.2, -0.15) is 0 Å². The summed E-state index contributed by atoms with van der Waals surface area (Å²) in [5, 5.41) is 3.44. The second-order valence-corrected chi connectivity index (χ2v) is 6.48. The lowest BCUT2D eigenvalue weighted by atomic mass is 9.83. The van der Waals surface area contributed by atoms with Gasteiger partial charge in [-0.25, -0.2) is 4.98 Å². The highest BCUT2D eigenvalue weighted by atomic mass is 15.2. The van der Waals surface area contributed by atoms with Crippen molar-refractivity contribution in [2.45, 2.75) is 46.1 Å². The van der Waals surface area contributed by atoms with Crippen molar-refractivity contribution in [3.63, 3.8) is 0 Å². The highest BCUT2D eigenvalue weighted by Crippen LogP contribution is 2.30. The number of imidazole rings is 1. The molecule has 1 aromatic carbocycles. The molecule has 3 nitrogen and oxygen atoms in total. The summed E-state index contributed by atoms with van der Waals surface area (Å²) in [7, 11) is 0. The van der Waals surface area contributed by atoms with Crippen LogP contribution in [-0.4, -0.2) is 9.55 Å². The highest BCUT2D eigenvalue weighted by molar-refractivity contribution is 5.53. The minimum atomic E-state index is 0.797. The molecule has 2 aromatic rings. The number of nitrogens with one attached hydrogen (secondary N) is 1. The van der Waals surface area contributed by atoms with Gasteiger partial charge in [0.1, 0.15) is 0 Å². The normalized spacial score (nSPS) is 22.2. The Morgan fingerprint density at radius 1 is 1.14 bits per heavy atom. The number of aryl methyl sites for hydroxylation is 1. The lowest BCUT2D eigenvalue weighted by molar-refractivity contribution is 0.265. The maximum atomic E-state index is 4.64. The zero-order chi connectivity index (χ0) is 14.7. The van der Waals surface area contributed by atoms with Crippen molar-refractivity contribution in [3.8, 4) is 0 Å². The first-order valence-corrected chi connectivity index (χ1v) is 8.06. The van der Waals surface area contributed by atoms with E-state index in [1.54, 1.807) is 0 Å². The third-order valence-corrected chi connectivity index (χ3v) is 4.52. The van der Waals surface area contributed by atoms with Gasteiger partial charge < -0.3 is 9.88 Å². The van der Waals surface area contributed by atoms with Crippen LogP contribution >= 0.6 is 0 Å². The molecule has 3 rings (SSSR count). The molecule has 1 heterocycles. The van der Waals surface area contributed by atoms with Gasteiger partial charge in [-0.15, -0.1) is 0 Å². The van der Waals surface area contributed by atoms with Crippen molar-refractivity contribution in [3.05, 3.63) is 42.2 Å². The third kappa shape index (κ3) is 3.66. The Hall–Kier alpha value is -1.77. The van der Waals surface area contributed by atoms with Gasteiger partial charge in [-0.3, -0.25) is 0 Å². The van der Waals surface area contributed by atoms with Crippen molar-refractivity contribution in [1.82, 2.24) is 9.55 Å². The monoisotopic (exact) mass is 283 g/mol. The van der Waals surface area contributed by atoms with E-state index >= 15 is 0 Å². The molecule has 112 valence electrons. The largest absolute Gasteiger partial charge is 0.326 e. The lowest BCUT2D eigenvalue weighted by Gasteiger charge is -2.26. The quantitative estimate of drug-likeness (QED) is 0.876. The van der Waals surface area contributed by atoms with Gasteiger partial charge in [0.25, 0.3) is 0 Å². The molecule has 0 amide bonds. The number of hydrogen-bond donors (Lipinski definition) is 1. The Labute approximate surface area is 127 Å². The van der Waals surface area contributed by atoms with Crippen molar-refractivity contribution < 1.29 is 0 Å². The van der Waals surface area contributed by atoms with Crippen LogP contribution in [0.15, 0.2) is 36.5 Å². The minimum Gasteiger partial charge on any atom is -0.326 e. The predicted octanol–water partition coefficient (Wildman–Crippen LogP) is 4.76. The van der Waals surface area contributed by atoms with Crippen LogP contribution in [0.2, 0.25) is 0 Å². The first-order chi connectivity index (χ1) is 10.2. The van der Waals surface area contributed by atoms with Crippen molar-refractivity contribution in [2.75, 3.05) is 5.32 Å². The standard InChI is InChI=1S/C18H25N3/c1-14-8-10-16(11-9-14)13-21-12-15(2)19-18(21)20-17-6-4-3-5-7-17/h3-7,12,14,16H,8-11,13H2,1-2H3,(H,19,20). The Morgan fingerprint density at radius 2 is 1.86 bits per heavy atom. The Balaban J connectivity index is 1.70. The summed E-state index contributed by atoms with van der Waals surface area (Å²) in [5.74, 6) is 2.68. The van der Waals surface area contributed by atoms with E-state index in [0.29, 0.717) is 0 Å². The van der Waals surface area contributed by atoms with Crippen LogP contribution in [0.5, 0.6) is 0 Å². The predicted molar refractivity (Wildman–Crippen MR) is 87.8 cm³/mol. The van der Waals surface area contributed by atoms with Gasteiger partial charge in [-0.05, 0) is 43.7 Å². The zero-order valence-corrected chi connectivity index (χ0v) is 13.0. The Morgan fingerprint density at radius 3 is 2.57 bits per heavy atom. The first-order valence-electron chi connectivity index (χ1n) is 8.06. The molecule has 0 spiro atoms. The molecular weight excluding hydrogens is 258 g/mol. The van der Waals surface area contributed by atoms with Crippen LogP contribution in [-0.2, 0) is 6.54 Å². The molecule has 0 radical (unpaired) electrons. The summed E-state index contributed by atoms with van der Waals surface area (Å²) in [6, 6.07) is 10.3. The molecule has 0 saturated heterocycles. The lowest BCUT2D eigenvalue weighted by Crippen LogP contribution is -2.18. The number of anilines is 2. The maximum absolute atomic E-state index is 4.64.